The molecule has 2 nitrogen and oxygen atoms in total. The maximum absolute atomic E-state index is 3.54. The van der Waals surface area contributed by atoms with E-state index in [1.54, 1.807) is 0 Å². The smallest absolute Gasteiger partial charge is 0.0361 e. The van der Waals surface area contributed by atoms with Crippen molar-refractivity contribution in [1.82, 2.24) is 9.88 Å². The Morgan fingerprint density at radius 1 is 1.54 bits per heavy atom. The van der Waals surface area contributed by atoms with Crippen LogP contribution in [0.3, 0.4) is 0 Å². The molecule has 1 aliphatic rings. The van der Waals surface area contributed by atoms with Crippen molar-refractivity contribution in [3.05, 3.63) is 24.0 Å². The fraction of sp³-hybridized carbons (Fsp3) is 0.636. The highest BCUT2D eigenvalue weighted by atomic mass is 15.0. The van der Waals surface area contributed by atoms with Gasteiger partial charge in [-0.15, -0.1) is 0 Å². The van der Waals surface area contributed by atoms with E-state index in [1.807, 2.05) is 0 Å². The lowest BCUT2D eigenvalue weighted by atomic mass is 10.4. The van der Waals surface area contributed by atoms with Gasteiger partial charge in [-0.2, -0.15) is 0 Å². The van der Waals surface area contributed by atoms with Gasteiger partial charge in [-0.25, -0.2) is 0 Å². The van der Waals surface area contributed by atoms with Crippen LogP contribution in [0.1, 0.15) is 31.9 Å². The van der Waals surface area contributed by atoms with Crippen LogP contribution in [0.4, 0.5) is 0 Å². The largest absolute Gasteiger partial charge is 0.350 e. The van der Waals surface area contributed by atoms with Crippen LogP contribution in [0, 0.1) is 0 Å². The van der Waals surface area contributed by atoms with Crippen LogP contribution >= 0.6 is 0 Å². The molecule has 0 unspecified atom stereocenters. The summed E-state index contributed by atoms with van der Waals surface area (Å²) >= 11 is 0. The highest BCUT2D eigenvalue weighted by Gasteiger charge is 2.20. The molecule has 0 radical (unpaired) electrons. The number of nitrogens with one attached hydrogen (secondary N) is 1. The summed E-state index contributed by atoms with van der Waals surface area (Å²) in [5.74, 6) is 0. The maximum Gasteiger partial charge on any atom is 0.0361 e. The first kappa shape index (κ1) is 8.82. The van der Waals surface area contributed by atoms with E-state index in [0.29, 0.717) is 0 Å². The van der Waals surface area contributed by atoms with Gasteiger partial charge < -0.3 is 9.88 Å². The normalized spacial score (nSPS) is 16.4. The Bertz CT molecular complexity index is 261. The molecule has 0 amide bonds. The zero-order valence-corrected chi connectivity index (χ0v) is 8.29. The van der Waals surface area contributed by atoms with E-state index in [1.165, 1.54) is 25.0 Å². The zero-order chi connectivity index (χ0) is 9.10. The van der Waals surface area contributed by atoms with Crippen LogP contribution in [0.25, 0.3) is 0 Å². The van der Waals surface area contributed by atoms with E-state index in [-0.39, 0.29) is 0 Å². The summed E-state index contributed by atoms with van der Waals surface area (Å²) in [4.78, 5) is 0. The van der Waals surface area contributed by atoms with E-state index in [9.17, 15) is 0 Å². The molecule has 1 saturated carbocycles. The highest BCUT2D eigenvalue weighted by Crippen LogP contribution is 2.19. The molecule has 1 N–H and O–H groups in total. The van der Waals surface area contributed by atoms with Gasteiger partial charge in [0, 0.05) is 31.0 Å². The molecule has 0 atom stereocenters. The fourth-order valence-electron chi connectivity index (χ4n) is 1.61. The molecule has 0 saturated heterocycles. The topological polar surface area (TPSA) is 17.0 Å². The molecular formula is C11H18N2. The van der Waals surface area contributed by atoms with Gasteiger partial charge in [0.25, 0.3) is 0 Å². The number of rotatable bonds is 5. The Morgan fingerprint density at radius 3 is 3.08 bits per heavy atom. The van der Waals surface area contributed by atoms with Gasteiger partial charge in [-0.1, -0.05) is 6.92 Å². The first-order chi connectivity index (χ1) is 6.40. The summed E-state index contributed by atoms with van der Waals surface area (Å²) in [7, 11) is 0. The summed E-state index contributed by atoms with van der Waals surface area (Å²) in [5, 5.41) is 3.54. The summed E-state index contributed by atoms with van der Waals surface area (Å²) in [6.07, 6.45) is 6.13. The number of hydrogen-bond donors (Lipinski definition) is 1. The number of hydrogen-bond acceptors (Lipinski definition) is 1. The zero-order valence-electron chi connectivity index (χ0n) is 8.29. The third-order valence-corrected chi connectivity index (χ3v) is 2.54. The Morgan fingerprint density at radius 2 is 2.38 bits per heavy atom. The van der Waals surface area contributed by atoms with Crippen molar-refractivity contribution in [1.29, 1.82) is 0 Å². The quantitative estimate of drug-likeness (QED) is 0.731. The van der Waals surface area contributed by atoms with Crippen LogP contribution in [0.15, 0.2) is 18.3 Å². The van der Waals surface area contributed by atoms with E-state index in [4.69, 9.17) is 0 Å². The standard InChI is InChI=1S/C11H18N2/c1-2-7-13-8-3-4-11(13)9-12-10-5-6-10/h3-4,8,10,12H,2,5-7,9H2,1H3. The first-order valence-corrected chi connectivity index (χ1v) is 5.27. The number of nitrogens with zero attached hydrogens (tertiary/aromatic N) is 1. The molecule has 2 heteroatoms. The van der Waals surface area contributed by atoms with E-state index < -0.39 is 0 Å². The number of aryl methyl sites for hydroxylation is 1. The Kier molecular flexibility index (Phi) is 2.69. The average molecular weight is 178 g/mol. The van der Waals surface area contributed by atoms with Crippen LogP contribution in [-0.2, 0) is 13.1 Å². The average Bonchev–Trinajstić information content (AvgIpc) is 2.86. The Labute approximate surface area is 79.9 Å². The first-order valence-electron chi connectivity index (χ1n) is 5.27. The lowest BCUT2D eigenvalue weighted by molar-refractivity contribution is 0.600. The van der Waals surface area contributed by atoms with Crippen LogP contribution in [0.5, 0.6) is 0 Å². The van der Waals surface area contributed by atoms with Gasteiger partial charge in [0.1, 0.15) is 0 Å². The van der Waals surface area contributed by atoms with Crippen molar-refractivity contribution >= 4 is 0 Å². The second-order valence-electron chi connectivity index (χ2n) is 3.85. The second-order valence-corrected chi connectivity index (χ2v) is 3.85. The van der Waals surface area contributed by atoms with Crippen molar-refractivity contribution in [3.63, 3.8) is 0 Å². The van der Waals surface area contributed by atoms with Crippen LogP contribution in [-0.4, -0.2) is 10.6 Å². The van der Waals surface area contributed by atoms with Gasteiger partial charge in [-0.3, -0.25) is 0 Å². The van der Waals surface area contributed by atoms with E-state index in [2.05, 4.69) is 35.1 Å². The second kappa shape index (κ2) is 3.97. The molecule has 1 fully saturated rings. The monoisotopic (exact) mass is 178 g/mol. The number of aromatic nitrogens is 1. The molecule has 13 heavy (non-hydrogen) atoms. The summed E-state index contributed by atoms with van der Waals surface area (Å²) in [6, 6.07) is 5.16. The predicted octanol–water partition coefficient (Wildman–Crippen LogP) is 2.15. The van der Waals surface area contributed by atoms with Crippen LogP contribution in [0.2, 0.25) is 0 Å². The molecule has 1 aromatic rings. The van der Waals surface area contributed by atoms with Gasteiger partial charge in [-0.05, 0) is 31.4 Å². The Hall–Kier alpha value is -0.760. The van der Waals surface area contributed by atoms with Crippen molar-refractivity contribution < 1.29 is 0 Å². The molecule has 0 aliphatic heterocycles. The van der Waals surface area contributed by atoms with E-state index >= 15 is 0 Å². The van der Waals surface area contributed by atoms with Crippen LogP contribution < -0.4 is 5.32 Å². The van der Waals surface area contributed by atoms with E-state index in [0.717, 1.165) is 19.1 Å². The highest BCUT2D eigenvalue weighted by molar-refractivity contribution is 5.07. The minimum Gasteiger partial charge on any atom is -0.350 e. The molecule has 1 aromatic heterocycles. The Balaban J connectivity index is 1.88. The van der Waals surface area contributed by atoms with Gasteiger partial charge in [0.2, 0.25) is 0 Å². The molecule has 72 valence electrons. The summed E-state index contributed by atoms with van der Waals surface area (Å²) in [5.41, 5.74) is 1.42. The molecule has 0 bridgehead atoms. The fourth-order valence-corrected chi connectivity index (χ4v) is 1.61. The van der Waals surface area contributed by atoms with Crippen molar-refractivity contribution in [2.75, 3.05) is 0 Å². The molecule has 1 aliphatic carbocycles. The van der Waals surface area contributed by atoms with Crippen molar-refractivity contribution in [3.8, 4) is 0 Å². The SMILES string of the molecule is CCCn1cccc1CNC1CC1. The lowest BCUT2D eigenvalue weighted by Crippen LogP contribution is -2.17. The molecular weight excluding hydrogens is 160 g/mol. The lowest BCUT2D eigenvalue weighted by Gasteiger charge is -2.08. The predicted molar refractivity (Wildman–Crippen MR) is 54.6 cm³/mol. The summed E-state index contributed by atoms with van der Waals surface area (Å²) in [6.45, 7) is 4.41. The molecule has 2 rings (SSSR count). The van der Waals surface area contributed by atoms with Gasteiger partial charge in [0.05, 0.1) is 0 Å². The third kappa shape index (κ3) is 2.34. The summed E-state index contributed by atoms with van der Waals surface area (Å²) < 4.78 is 2.34. The molecule has 0 aromatic carbocycles. The van der Waals surface area contributed by atoms with Crippen molar-refractivity contribution in [2.45, 2.75) is 45.3 Å². The van der Waals surface area contributed by atoms with Gasteiger partial charge in [0.15, 0.2) is 0 Å². The van der Waals surface area contributed by atoms with Gasteiger partial charge >= 0.3 is 0 Å². The molecule has 1 heterocycles. The maximum atomic E-state index is 3.54. The minimum atomic E-state index is 0.810. The minimum absolute atomic E-state index is 0.810. The third-order valence-electron chi connectivity index (χ3n) is 2.54. The van der Waals surface area contributed by atoms with Crippen molar-refractivity contribution in [2.24, 2.45) is 0 Å². The molecule has 0 spiro atoms.